The Bertz CT molecular complexity index is 436. The average molecular weight is 279 g/mol. The second-order valence-electron chi connectivity index (χ2n) is 5.01. The summed E-state index contributed by atoms with van der Waals surface area (Å²) in [7, 11) is 1.62. The predicted molar refractivity (Wildman–Crippen MR) is 76.1 cm³/mol. The number of hydrogen-bond donors (Lipinski definition) is 2. The number of piperidine rings is 1. The standard InChI is InChI=1S/C14H21N3O3/c1-20-12-4-5-13(15-9-12)16-11-3-2-7-17(10-11)8-6-14(18)19/h4-5,9,11H,2-3,6-8,10H2,1H3,(H,15,16)(H,18,19). The molecule has 6 nitrogen and oxygen atoms in total. The van der Waals surface area contributed by atoms with Crippen LogP contribution in [0.4, 0.5) is 5.82 Å². The van der Waals surface area contributed by atoms with Crippen molar-refractivity contribution in [1.82, 2.24) is 9.88 Å². The maximum atomic E-state index is 10.6. The Morgan fingerprint density at radius 2 is 2.45 bits per heavy atom. The number of pyridine rings is 1. The van der Waals surface area contributed by atoms with Crippen LogP contribution in [0.3, 0.4) is 0 Å². The molecule has 0 bridgehead atoms. The number of carbonyl (C=O) groups is 1. The molecule has 1 aromatic heterocycles. The topological polar surface area (TPSA) is 74.7 Å². The fraction of sp³-hybridized carbons (Fsp3) is 0.571. The van der Waals surface area contributed by atoms with E-state index in [-0.39, 0.29) is 6.42 Å². The highest BCUT2D eigenvalue weighted by atomic mass is 16.5. The van der Waals surface area contributed by atoms with Gasteiger partial charge in [0, 0.05) is 19.1 Å². The van der Waals surface area contributed by atoms with Crippen LogP contribution < -0.4 is 10.1 Å². The van der Waals surface area contributed by atoms with Crippen LogP contribution in [-0.2, 0) is 4.79 Å². The van der Waals surface area contributed by atoms with Crippen LogP contribution in [0, 0.1) is 0 Å². The Morgan fingerprint density at radius 3 is 3.10 bits per heavy atom. The smallest absolute Gasteiger partial charge is 0.304 e. The Hall–Kier alpha value is -1.82. The maximum absolute atomic E-state index is 10.6. The Labute approximate surface area is 118 Å². The highest BCUT2D eigenvalue weighted by Crippen LogP contribution is 2.17. The van der Waals surface area contributed by atoms with Crippen LogP contribution in [-0.4, -0.2) is 53.7 Å². The summed E-state index contributed by atoms with van der Waals surface area (Å²) < 4.78 is 5.08. The molecule has 0 amide bonds. The van der Waals surface area contributed by atoms with Crippen molar-refractivity contribution in [1.29, 1.82) is 0 Å². The number of likely N-dealkylation sites (tertiary alicyclic amines) is 1. The number of aliphatic carboxylic acids is 1. The molecule has 1 atom stereocenters. The van der Waals surface area contributed by atoms with E-state index < -0.39 is 5.97 Å². The molecule has 2 heterocycles. The van der Waals surface area contributed by atoms with Crippen molar-refractivity contribution in [3.8, 4) is 5.75 Å². The van der Waals surface area contributed by atoms with Gasteiger partial charge in [-0.15, -0.1) is 0 Å². The third-order valence-electron chi connectivity index (χ3n) is 3.47. The number of nitrogens with one attached hydrogen (secondary N) is 1. The molecular formula is C14H21N3O3. The van der Waals surface area contributed by atoms with Gasteiger partial charge in [0.25, 0.3) is 0 Å². The van der Waals surface area contributed by atoms with Gasteiger partial charge in [0.1, 0.15) is 11.6 Å². The number of carboxylic acids is 1. The molecule has 0 aromatic carbocycles. The van der Waals surface area contributed by atoms with E-state index >= 15 is 0 Å². The Kier molecular flexibility index (Phi) is 5.17. The average Bonchev–Trinajstić information content (AvgIpc) is 2.46. The van der Waals surface area contributed by atoms with E-state index in [0.717, 1.165) is 37.5 Å². The zero-order chi connectivity index (χ0) is 14.4. The third-order valence-corrected chi connectivity index (χ3v) is 3.47. The van der Waals surface area contributed by atoms with Crippen LogP contribution in [0.15, 0.2) is 18.3 Å². The van der Waals surface area contributed by atoms with Gasteiger partial charge in [0.05, 0.1) is 19.7 Å². The first-order valence-corrected chi connectivity index (χ1v) is 6.88. The van der Waals surface area contributed by atoms with Crippen molar-refractivity contribution in [2.75, 3.05) is 32.1 Å². The molecule has 1 aromatic rings. The lowest BCUT2D eigenvalue weighted by Crippen LogP contribution is -2.42. The van der Waals surface area contributed by atoms with Gasteiger partial charge in [0.15, 0.2) is 0 Å². The number of hydrogen-bond acceptors (Lipinski definition) is 5. The number of rotatable bonds is 6. The highest BCUT2D eigenvalue weighted by molar-refractivity contribution is 5.66. The van der Waals surface area contributed by atoms with Gasteiger partial charge in [-0.05, 0) is 31.5 Å². The van der Waals surface area contributed by atoms with Gasteiger partial charge in [-0.2, -0.15) is 0 Å². The number of nitrogens with zero attached hydrogens (tertiary/aromatic N) is 2. The Balaban J connectivity index is 1.83. The van der Waals surface area contributed by atoms with E-state index in [1.807, 2.05) is 12.1 Å². The van der Waals surface area contributed by atoms with Crippen molar-refractivity contribution < 1.29 is 14.6 Å². The fourth-order valence-corrected chi connectivity index (χ4v) is 2.43. The number of ether oxygens (including phenoxy) is 1. The van der Waals surface area contributed by atoms with Crippen LogP contribution in [0.1, 0.15) is 19.3 Å². The fourth-order valence-electron chi connectivity index (χ4n) is 2.43. The van der Waals surface area contributed by atoms with E-state index in [1.165, 1.54) is 0 Å². The lowest BCUT2D eigenvalue weighted by Gasteiger charge is -2.33. The summed E-state index contributed by atoms with van der Waals surface area (Å²) in [6.07, 6.45) is 4.05. The molecule has 0 saturated carbocycles. The molecule has 0 radical (unpaired) electrons. The lowest BCUT2D eigenvalue weighted by molar-refractivity contribution is -0.137. The predicted octanol–water partition coefficient (Wildman–Crippen LogP) is 1.44. The van der Waals surface area contributed by atoms with E-state index in [4.69, 9.17) is 9.84 Å². The molecule has 20 heavy (non-hydrogen) atoms. The van der Waals surface area contributed by atoms with E-state index in [2.05, 4.69) is 15.2 Å². The SMILES string of the molecule is COc1ccc(NC2CCCN(CCC(=O)O)C2)nc1. The second-order valence-corrected chi connectivity index (χ2v) is 5.01. The van der Waals surface area contributed by atoms with Crippen molar-refractivity contribution in [3.05, 3.63) is 18.3 Å². The Morgan fingerprint density at radius 1 is 1.60 bits per heavy atom. The van der Waals surface area contributed by atoms with Gasteiger partial charge < -0.3 is 20.1 Å². The van der Waals surface area contributed by atoms with Gasteiger partial charge >= 0.3 is 5.97 Å². The van der Waals surface area contributed by atoms with E-state index in [1.54, 1.807) is 13.3 Å². The van der Waals surface area contributed by atoms with Crippen molar-refractivity contribution in [3.63, 3.8) is 0 Å². The zero-order valence-electron chi connectivity index (χ0n) is 11.7. The molecule has 1 unspecified atom stereocenters. The van der Waals surface area contributed by atoms with Crippen LogP contribution in [0.25, 0.3) is 0 Å². The van der Waals surface area contributed by atoms with Crippen molar-refractivity contribution >= 4 is 11.8 Å². The highest BCUT2D eigenvalue weighted by Gasteiger charge is 2.20. The summed E-state index contributed by atoms with van der Waals surface area (Å²) in [4.78, 5) is 17.1. The third kappa shape index (κ3) is 4.38. The molecule has 1 aliphatic rings. The summed E-state index contributed by atoms with van der Waals surface area (Å²) in [5.41, 5.74) is 0. The summed E-state index contributed by atoms with van der Waals surface area (Å²) >= 11 is 0. The van der Waals surface area contributed by atoms with Gasteiger partial charge in [-0.1, -0.05) is 0 Å². The molecule has 6 heteroatoms. The first-order chi connectivity index (χ1) is 9.67. The molecule has 1 saturated heterocycles. The monoisotopic (exact) mass is 279 g/mol. The summed E-state index contributed by atoms with van der Waals surface area (Å²) in [6.45, 7) is 2.45. The van der Waals surface area contributed by atoms with Gasteiger partial charge in [0.2, 0.25) is 0 Å². The molecule has 1 fully saturated rings. The van der Waals surface area contributed by atoms with Gasteiger partial charge in [-0.3, -0.25) is 4.79 Å². The van der Waals surface area contributed by atoms with Gasteiger partial charge in [-0.25, -0.2) is 4.98 Å². The van der Waals surface area contributed by atoms with Crippen molar-refractivity contribution in [2.45, 2.75) is 25.3 Å². The minimum absolute atomic E-state index is 0.202. The summed E-state index contributed by atoms with van der Waals surface area (Å²) in [5.74, 6) is 0.829. The minimum Gasteiger partial charge on any atom is -0.495 e. The normalized spacial score (nSPS) is 19.6. The number of anilines is 1. The van der Waals surface area contributed by atoms with Crippen molar-refractivity contribution in [2.24, 2.45) is 0 Å². The number of aromatic nitrogens is 1. The minimum atomic E-state index is -0.739. The van der Waals surface area contributed by atoms with Crippen LogP contribution >= 0.6 is 0 Å². The summed E-state index contributed by atoms with van der Waals surface area (Å²) in [5, 5.41) is 12.1. The lowest BCUT2D eigenvalue weighted by atomic mass is 10.1. The van der Waals surface area contributed by atoms with Crippen LogP contribution in [0.2, 0.25) is 0 Å². The molecule has 0 aliphatic carbocycles. The van der Waals surface area contributed by atoms with E-state index in [0.29, 0.717) is 12.6 Å². The number of methoxy groups -OCH3 is 1. The first-order valence-electron chi connectivity index (χ1n) is 6.88. The molecule has 2 N–H and O–H groups in total. The molecular weight excluding hydrogens is 258 g/mol. The largest absolute Gasteiger partial charge is 0.495 e. The zero-order valence-corrected chi connectivity index (χ0v) is 11.7. The molecule has 0 spiro atoms. The second kappa shape index (κ2) is 7.09. The number of carboxylic acid groups (broad SMARTS) is 1. The quantitative estimate of drug-likeness (QED) is 0.821. The van der Waals surface area contributed by atoms with Crippen LogP contribution in [0.5, 0.6) is 5.75 Å². The summed E-state index contributed by atoms with van der Waals surface area (Å²) in [6, 6.07) is 4.09. The maximum Gasteiger partial charge on any atom is 0.304 e. The van der Waals surface area contributed by atoms with E-state index in [9.17, 15) is 4.79 Å². The first kappa shape index (κ1) is 14.6. The molecule has 2 rings (SSSR count). The molecule has 1 aliphatic heterocycles. The molecule has 110 valence electrons.